The van der Waals surface area contributed by atoms with Gasteiger partial charge in [-0.25, -0.2) is 0 Å². The molecule has 90 valence electrons. The minimum atomic E-state index is 0.260. The molecule has 1 aromatic carbocycles. The van der Waals surface area contributed by atoms with Gasteiger partial charge in [-0.3, -0.25) is 4.79 Å². The summed E-state index contributed by atoms with van der Waals surface area (Å²) in [4.78, 5) is 14.0. The van der Waals surface area contributed by atoms with Crippen LogP contribution in [0, 0.1) is 0 Å². The third-order valence-electron chi connectivity index (χ3n) is 3.35. The summed E-state index contributed by atoms with van der Waals surface area (Å²) in [5, 5.41) is 0. The molecule has 0 aliphatic carbocycles. The first kappa shape index (κ1) is 11.9. The largest absolute Gasteiger partial charge is 0.312 e. The molecule has 0 saturated carbocycles. The first-order valence-corrected chi connectivity index (χ1v) is 6.25. The average molecular weight is 229 g/mol. The molecule has 0 aromatic heterocycles. The molecule has 0 spiro atoms. The van der Waals surface area contributed by atoms with Crippen LogP contribution in [0.3, 0.4) is 0 Å². The van der Waals surface area contributed by atoms with Crippen LogP contribution in [0.25, 0.3) is 0 Å². The Morgan fingerprint density at radius 3 is 2.53 bits per heavy atom. The number of carbonyl (C=O) groups is 1. The number of hydrogen-bond acceptors (Lipinski definition) is 1. The van der Waals surface area contributed by atoms with Crippen molar-refractivity contribution in [2.75, 3.05) is 0 Å². The summed E-state index contributed by atoms with van der Waals surface area (Å²) in [6, 6.07) is 10.2. The number of hydrogen-bond donors (Lipinski definition) is 0. The number of rotatable bonds is 3. The maximum atomic E-state index is 12.0. The molecule has 1 amide bonds. The lowest BCUT2D eigenvalue weighted by atomic mass is 10.0. The van der Waals surface area contributed by atoms with Crippen molar-refractivity contribution in [3.8, 4) is 0 Å². The van der Waals surface area contributed by atoms with Gasteiger partial charge in [0.2, 0.25) is 5.91 Å². The molecular weight excluding hydrogens is 210 g/mol. The highest BCUT2D eigenvalue weighted by Gasteiger charge is 2.23. The van der Waals surface area contributed by atoms with Gasteiger partial charge >= 0.3 is 0 Å². The van der Waals surface area contributed by atoms with E-state index >= 15 is 0 Å². The summed E-state index contributed by atoms with van der Waals surface area (Å²) in [5.41, 5.74) is 3.77. The van der Waals surface area contributed by atoms with Gasteiger partial charge in [0, 0.05) is 12.1 Å². The van der Waals surface area contributed by atoms with Gasteiger partial charge in [0.1, 0.15) is 0 Å². The van der Waals surface area contributed by atoms with Gasteiger partial charge < -0.3 is 4.90 Å². The van der Waals surface area contributed by atoms with Crippen LogP contribution in [-0.2, 0) is 11.3 Å². The first-order chi connectivity index (χ1) is 8.22. The van der Waals surface area contributed by atoms with Crippen LogP contribution >= 0.6 is 0 Å². The van der Waals surface area contributed by atoms with E-state index in [-0.39, 0.29) is 5.91 Å². The second-order valence-corrected chi connectivity index (χ2v) is 4.55. The number of benzene rings is 1. The fraction of sp³-hybridized carbons (Fsp3) is 0.400. The summed E-state index contributed by atoms with van der Waals surface area (Å²) in [6.07, 6.45) is 2.51. The lowest BCUT2D eigenvalue weighted by molar-refractivity contribution is -0.130. The molecule has 2 rings (SSSR count). The molecule has 1 heterocycles. The van der Waals surface area contributed by atoms with Crippen molar-refractivity contribution < 1.29 is 4.79 Å². The molecule has 1 aromatic rings. The van der Waals surface area contributed by atoms with Crippen LogP contribution in [0.15, 0.2) is 41.6 Å². The highest BCUT2D eigenvalue weighted by atomic mass is 16.2. The van der Waals surface area contributed by atoms with E-state index in [2.05, 4.69) is 26.0 Å². The number of allylic oxidation sites excluding steroid dienone is 2. The van der Waals surface area contributed by atoms with E-state index in [1.807, 2.05) is 23.1 Å². The minimum Gasteiger partial charge on any atom is -0.312 e. The number of amides is 1. The van der Waals surface area contributed by atoms with E-state index in [1.165, 1.54) is 16.8 Å². The Kier molecular flexibility index (Phi) is 3.62. The predicted octanol–water partition coefficient (Wildman–Crippen LogP) is 3.49. The fourth-order valence-electron chi connectivity index (χ4n) is 2.40. The standard InChI is InChI=1S/C15H19NO/c1-3-14-12(2)9-10-15(17)16(14)11-13-7-5-4-6-8-13/h4-8H,3,9-11H2,1-2H3. The van der Waals surface area contributed by atoms with Crippen LogP contribution in [0.2, 0.25) is 0 Å². The van der Waals surface area contributed by atoms with Crippen molar-refractivity contribution in [2.45, 2.75) is 39.7 Å². The molecule has 0 bridgehead atoms. The monoisotopic (exact) mass is 229 g/mol. The Labute approximate surface area is 103 Å². The van der Waals surface area contributed by atoms with Crippen molar-refractivity contribution in [3.05, 3.63) is 47.2 Å². The quantitative estimate of drug-likeness (QED) is 0.777. The zero-order chi connectivity index (χ0) is 12.3. The maximum absolute atomic E-state index is 12.0. The highest BCUT2D eigenvalue weighted by molar-refractivity contribution is 5.79. The molecule has 0 fully saturated rings. The predicted molar refractivity (Wildman–Crippen MR) is 69.2 cm³/mol. The molecule has 0 radical (unpaired) electrons. The molecular formula is C15H19NO. The van der Waals surface area contributed by atoms with Crippen LogP contribution in [0.5, 0.6) is 0 Å². The van der Waals surface area contributed by atoms with Crippen molar-refractivity contribution in [2.24, 2.45) is 0 Å². The molecule has 0 unspecified atom stereocenters. The normalized spacial score (nSPS) is 16.6. The Morgan fingerprint density at radius 1 is 1.18 bits per heavy atom. The van der Waals surface area contributed by atoms with Crippen molar-refractivity contribution in [1.29, 1.82) is 0 Å². The summed E-state index contributed by atoms with van der Waals surface area (Å²) in [6.45, 7) is 4.97. The van der Waals surface area contributed by atoms with E-state index in [1.54, 1.807) is 0 Å². The van der Waals surface area contributed by atoms with E-state index in [9.17, 15) is 4.79 Å². The number of nitrogens with zero attached hydrogens (tertiary/aromatic N) is 1. The topological polar surface area (TPSA) is 20.3 Å². The van der Waals surface area contributed by atoms with Gasteiger partial charge in [-0.1, -0.05) is 42.8 Å². The first-order valence-electron chi connectivity index (χ1n) is 6.25. The average Bonchev–Trinajstić information content (AvgIpc) is 2.35. The summed E-state index contributed by atoms with van der Waals surface area (Å²) in [7, 11) is 0. The second kappa shape index (κ2) is 5.17. The molecule has 17 heavy (non-hydrogen) atoms. The van der Waals surface area contributed by atoms with E-state index in [4.69, 9.17) is 0 Å². The lowest BCUT2D eigenvalue weighted by Gasteiger charge is -2.31. The van der Waals surface area contributed by atoms with Crippen LogP contribution in [0.1, 0.15) is 38.7 Å². The van der Waals surface area contributed by atoms with E-state index in [0.29, 0.717) is 13.0 Å². The Bertz CT molecular complexity index is 433. The third-order valence-corrected chi connectivity index (χ3v) is 3.35. The molecule has 1 aliphatic heterocycles. The zero-order valence-electron chi connectivity index (χ0n) is 10.6. The van der Waals surface area contributed by atoms with Crippen LogP contribution in [0.4, 0.5) is 0 Å². The molecule has 2 heteroatoms. The lowest BCUT2D eigenvalue weighted by Crippen LogP contribution is -2.33. The van der Waals surface area contributed by atoms with Gasteiger partial charge in [0.05, 0.1) is 6.54 Å². The zero-order valence-corrected chi connectivity index (χ0v) is 10.6. The third kappa shape index (κ3) is 2.57. The van der Waals surface area contributed by atoms with Gasteiger partial charge in [0.15, 0.2) is 0 Å². The van der Waals surface area contributed by atoms with Crippen molar-refractivity contribution in [1.82, 2.24) is 4.90 Å². The van der Waals surface area contributed by atoms with Crippen LogP contribution < -0.4 is 0 Å². The number of carbonyl (C=O) groups excluding carboxylic acids is 1. The van der Waals surface area contributed by atoms with Gasteiger partial charge in [-0.05, 0) is 25.3 Å². The summed E-state index contributed by atoms with van der Waals surface area (Å²) in [5.74, 6) is 0.260. The molecule has 2 nitrogen and oxygen atoms in total. The van der Waals surface area contributed by atoms with Gasteiger partial charge in [-0.2, -0.15) is 0 Å². The van der Waals surface area contributed by atoms with E-state index in [0.717, 1.165) is 12.8 Å². The highest BCUT2D eigenvalue weighted by Crippen LogP contribution is 2.26. The van der Waals surface area contributed by atoms with E-state index < -0.39 is 0 Å². The molecule has 0 atom stereocenters. The van der Waals surface area contributed by atoms with Crippen molar-refractivity contribution in [3.63, 3.8) is 0 Å². The van der Waals surface area contributed by atoms with Gasteiger partial charge in [-0.15, -0.1) is 0 Å². The Morgan fingerprint density at radius 2 is 1.88 bits per heavy atom. The van der Waals surface area contributed by atoms with Gasteiger partial charge in [0.25, 0.3) is 0 Å². The Balaban J connectivity index is 2.23. The Hall–Kier alpha value is -1.57. The molecule has 1 aliphatic rings. The summed E-state index contributed by atoms with van der Waals surface area (Å²) < 4.78 is 0. The van der Waals surface area contributed by atoms with Crippen molar-refractivity contribution >= 4 is 5.91 Å². The SMILES string of the molecule is CCC1=C(C)CCC(=O)N1Cc1ccccc1. The second-order valence-electron chi connectivity index (χ2n) is 4.55. The van der Waals surface area contributed by atoms with Crippen LogP contribution in [-0.4, -0.2) is 10.8 Å². The maximum Gasteiger partial charge on any atom is 0.227 e. The smallest absolute Gasteiger partial charge is 0.227 e. The fourth-order valence-corrected chi connectivity index (χ4v) is 2.40. The molecule has 0 N–H and O–H groups in total. The summed E-state index contributed by atoms with van der Waals surface area (Å²) >= 11 is 0. The minimum absolute atomic E-state index is 0.260. The molecule has 0 saturated heterocycles.